The van der Waals surface area contributed by atoms with Crippen LogP contribution >= 0.6 is 35.3 Å². The van der Waals surface area contributed by atoms with Crippen molar-refractivity contribution in [2.75, 3.05) is 42.6 Å². The average molecular weight is 1110 g/mol. The number of benzene rings is 1. The number of carboxylic acids is 1. The monoisotopic (exact) mass is 1110 g/mol. The summed E-state index contributed by atoms with van der Waals surface area (Å²) in [5.74, 6) is -7.61. The summed E-state index contributed by atoms with van der Waals surface area (Å²) in [5, 5.41) is 61.7. The van der Waals surface area contributed by atoms with Gasteiger partial charge in [0.15, 0.2) is 0 Å². The van der Waals surface area contributed by atoms with Gasteiger partial charge in [-0.15, -0.1) is 0 Å². The fourth-order valence-electron chi connectivity index (χ4n) is 7.57. The highest BCUT2D eigenvalue weighted by atomic mass is 32.2. The van der Waals surface area contributed by atoms with Gasteiger partial charge in [-0.05, 0) is 99.0 Å². The Morgan fingerprint density at radius 1 is 0.573 bits per heavy atom. The van der Waals surface area contributed by atoms with Gasteiger partial charge in [0.1, 0.15) is 54.4 Å². The number of aromatic amines is 1. The third kappa shape index (κ3) is 21.8. The Balaban J connectivity index is 2.50. The van der Waals surface area contributed by atoms with Gasteiger partial charge in [-0.2, -0.15) is 35.3 Å². The fourth-order valence-corrected chi connectivity index (χ4v) is 8.98. The molecule has 0 radical (unpaired) electrons. The normalized spacial score (nSPS) is 16.2. The lowest BCUT2D eigenvalue weighted by Crippen LogP contribution is -2.62. The first-order valence-corrected chi connectivity index (χ1v) is 29.0. The third-order valence-corrected chi connectivity index (χ3v) is 14.2. The smallest absolute Gasteiger partial charge is 0.326 e. The highest BCUT2D eigenvalue weighted by molar-refractivity contribution is 7.98. The van der Waals surface area contributed by atoms with Crippen LogP contribution in [0.15, 0.2) is 30.5 Å². The number of aliphatic carboxylic acids is 1. The maximum Gasteiger partial charge on any atom is 0.326 e. The summed E-state index contributed by atoms with van der Waals surface area (Å²) in [6, 6.07) is -5.15. The lowest BCUT2D eigenvalue weighted by Gasteiger charge is -2.30. The maximum absolute atomic E-state index is 14.6. The first kappa shape index (κ1) is 66.0. The number of para-hydroxylation sites is 1. The zero-order valence-electron chi connectivity index (χ0n) is 44.2. The van der Waals surface area contributed by atoms with Crippen LogP contribution in [0.1, 0.15) is 79.2 Å². The van der Waals surface area contributed by atoms with E-state index in [1.54, 1.807) is 70.9 Å². The molecule has 1 heterocycles. The first-order valence-electron chi connectivity index (χ1n) is 24.8. The zero-order chi connectivity index (χ0) is 56.5. The Kier molecular flexibility index (Phi) is 29.8. The summed E-state index contributed by atoms with van der Waals surface area (Å²) in [6.07, 6.45) is 4.78. The second kappa shape index (κ2) is 33.8. The zero-order valence-corrected chi connectivity index (χ0v) is 46.7. The summed E-state index contributed by atoms with van der Waals surface area (Å²) >= 11 is 4.16. The molecule has 0 unspecified atom stereocenters. The predicted octanol–water partition coefficient (Wildman–Crippen LogP) is -0.894. The molecule has 422 valence electrons. The number of thioether (sulfide) groups is 3. The van der Waals surface area contributed by atoms with Crippen LogP contribution in [0.3, 0.4) is 0 Å². The molecule has 0 saturated heterocycles. The number of H-pyrrole nitrogens is 1. The van der Waals surface area contributed by atoms with E-state index in [0.29, 0.717) is 29.2 Å². The molecule has 75 heavy (non-hydrogen) atoms. The number of amides is 8. The molecular weight excluding hydrogens is 1030 g/mol. The molecule has 1 aromatic carbocycles. The quantitative estimate of drug-likeness (QED) is 0.0398. The second-order valence-electron chi connectivity index (χ2n) is 18.8. The van der Waals surface area contributed by atoms with Crippen molar-refractivity contribution in [1.82, 2.24) is 47.5 Å². The number of hydrogen-bond donors (Lipinski definition) is 14. The second-order valence-corrected chi connectivity index (χ2v) is 21.7. The molecule has 23 nitrogen and oxygen atoms in total. The molecule has 0 aliphatic carbocycles. The van der Waals surface area contributed by atoms with Crippen molar-refractivity contribution in [2.45, 2.75) is 147 Å². The highest BCUT2D eigenvalue weighted by Gasteiger charge is 2.37. The van der Waals surface area contributed by atoms with E-state index in [1.165, 1.54) is 49.1 Å². The van der Waals surface area contributed by atoms with Gasteiger partial charge in [0.05, 0.1) is 18.8 Å². The van der Waals surface area contributed by atoms with E-state index < -0.39 is 132 Å². The summed E-state index contributed by atoms with van der Waals surface area (Å²) in [6.45, 7) is 8.72. The van der Waals surface area contributed by atoms with Gasteiger partial charge < -0.3 is 73.7 Å². The Bertz CT molecular complexity index is 2200. The molecule has 26 heteroatoms. The number of carbonyl (C=O) groups excluding carboxylic acids is 8. The van der Waals surface area contributed by atoms with Crippen LogP contribution in [0.4, 0.5) is 0 Å². The first-order chi connectivity index (χ1) is 35.4. The summed E-state index contributed by atoms with van der Waals surface area (Å²) in [7, 11) is 0. The number of fused-ring (bicyclic) bond motifs is 1. The predicted molar refractivity (Wildman–Crippen MR) is 291 cm³/mol. The average Bonchev–Trinajstić information content (AvgIpc) is 3.78. The number of aliphatic hydroxyl groups is 3. The van der Waals surface area contributed by atoms with Gasteiger partial charge in [0.2, 0.25) is 47.3 Å². The molecule has 15 N–H and O–H groups in total. The van der Waals surface area contributed by atoms with Crippen LogP contribution in [-0.2, 0) is 49.6 Å². The van der Waals surface area contributed by atoms with Crippen LogP contribution in [0.25, 0.3) is 10.9 Å². The number of aliphatic hydroxyl groups excluding tert-OH is 3. The van der Waals surface area contributed by atoms with Crippen LogP contribution in [0.2, 0.25) is 0 Å². The van der Waals surface area contributed by atoms with E-state index in [0.717, 1.165) is 10.9 Å². The molecule has 0 fully saturated rings. The molecule has 12 atom stereocenters. The van der Waals surface area contributed by atoms with Crippen molar-refractivity contribution in [3.63, 3.8) is 0 Å². The van der Waals surface area contributed by atoms with E-state index in [2.05, 4.69) is 47.5 Å². The van der Waals surface area contributed by atoms with Crippen LogP contribution < -0.4 is 48.3 Å². The molecule has 0 aliphatic heterocycles. The molecule has 0 saturated carbocycles. The Labute approximate surface area is 451 Å². The molecule has 0 aliphatic rings. The van der Waals surface area contributed by atoms with E-state index in [-0.39, 0.29) is 38.0 Å². The van der Waals surface area contributed by atoms with E-state index in [4.69, 9.17) is 5.73 Å². The van der Waals surface area contributed by atoms with Crippen molar-refractivity contribution in [3.8, 4) is 0 Å². The van der Waals surface area contributed by atoms with Crippen molar-refractivity contribution in [3.05, 3.63) is 36.0 Å². The number of carboxylic acid groups (broad SMARTS) is 1. The number of nitrogens with two attached hydrogens (primary N) is 1. The van der Waals surface area contributed by atoms with Gasteiger partial charge in [-0.25, -0.2) is 4.79 Å². The van der Waals surface area contributed by atoms with Gasteiger partial charge in [-0.3, -0.25) is 38.4 Å². The minimum absolute atomic E-state index is 0.0721. The number of aromatic nitrogens is 1. The van der Waals surface area contributed by atoms with Gasteiger partial charge in [-0.1, -0.05) is 52.3 Å². The molecule has 2 aromatic rings. The molecule has 1 aromatic heterocycles. The van der Waals surface area contributed by atoms with E-state index in [9.17, 15) is 63.6 Å². The summed E-state index contributed by atoms with van der Waals surface area (Å²) in [4.78, 5) is 126. The summed E-state index contributed by atoms with van der Waals surface area (Å²) in [5.41, 5.74) is 7.01. The SMILES string of the molecule is CC[C@H](C)[C@H](NC(=O)[C@H](CCSC)NC(=O)[C@H](CC(C)C)NC(=O)[C@H](CO)NC(=O)[C@@H](N)[C@@H](C)O)C(=O)N[C@@H](Cc1c[nH]c2ccccc12)C(=O)N[C@H](C(=O)N[C@@H](CCSC)C(=O)N[C@@H](CCSC)C(=O)O)[C@@H](C)O. The molecule has 8 amide bonds. The van der Waals surface area contributed by atoms with Crippen LogP contribution in [-0.4, -0.2) is 188 Å². The molecule has 0 spiro atoms. The lowest BCUT2D eigenvalue weighted by atomic mass is 9.96. The van der Waals surface area contributed by atoms with E-state index >= 15 is 0 Å². The number of hydrogen-bond acceptors (Lipinski definition) is 16. The molecular formula is C49H80N10O13S3. The van der Waals surface area contributed by atoms with Gasteiger partial charge >= 0.3 is 5.97 Å². The van der Waals surface area contributed by atoms with Crippen LogP contribution in [0, 0.1) is 11.8 Å². The third-order valence-electron chi connectivity index (χ3n) is 12.3. The Morgan fingerprint density at radius 3 is 1.53 bits per heavy atom. The van der Waals surface area contributed by atoms with Crippen molar-refractivity contribution in [1.29, 1.82) is 0 Å². The summed E-state index contributed by atoms with van der Waals surface area (Å²) < 4.78 is 0. The van der Waals surface area contributed by atoms with E-state index in [1.807, 2.05) is 6.07 Å². The van der Waals surface area contributed by atoms with Crippen molar-refractivity contribution < 1.29 is 63.6 Å². The number of rotatable bonds is 35. The molecule has 2 rings (SSSR count). The topological polar surface area (TPSA) is 373 Å². The minimum atomic E-state index is -1.67. The molecule has 0 bridgehead atoms. The number of carbonyl (C=O) groups is 9. The van der Waals surface area contributed by atoms with Gasteiger partial charge in [0, 0.05) is 23.5 Å². The largest absolute Gasteiger partial charge is 0.480 e. The highest BCUT2D eigenvalue weighted by Crippen LogP contribution is 2.20. The lowest BCUT2D eigenvalue weighted by molar-refractivity contribution is -0.142. The Hall–Kier alpha value is -5.12. The standard InChI is InChI=1S/C49H80N10O13S3/c1-10-26(4)39(58-42(64)33(16-19-74-8)52-43(65)35(21-25(2)3)55-45(67)37(24-60)57-46(68)38(50)27(5)61)47(69)56-36(22-29-23-51-31-14-12-11-13-30(29)31)44(66)59-40(28(6)62)48(70)53-32(15-18-73-7)41(63)54-34(49(71)72)17-20-75-9/h11-14,23,25-28,32-40,51,60-62H,10,15-22,24,50H2,1-9H3,(H,52,65)(H,53,70)(H,54,63)(H,55,67)(H,56,69)(H,57,68)(H,58,64)(H,59,66)(H,71,72)/t26-,27+,28+,32-,33-,34-,35-,36-,37-,38-,39-,40-/m0/s1. The van der Waals surface area contributed by atoms with Crippen molar-refractivity contribution >= 4 is 99.4 Å². The van der Waals surface area contributed by atoms with Crippen LogP contribution in [0.5, 0.6) is 0 Å². The maximum atomic E-state index is 14.6. The van der Waals surface area contributed by atoms with Gasteiger partial charge in [0.25, 0.3) is 0 Å². The Morgan fingerprint density at radius 2 is 1.01 bits per heavy atom. The number of nitrogens with one attached hydrogen (secondary N) is 9. The minimum Gasteiger partial charge on any atom is -0.480 e. The fraction of sp³-hybridized carbons (Fsp3) is 0.653. The van der Waals surface area contributed by atoms with Crippen molar-refractivity contribution in [2.24, 2.45) is 17.6 Å².